The molecule has 0 N–H and O–H groups in total. The molecule has 0 fully saturated rings. The van der Waals surface area contributed by atoms with E-state index in [4.69, 9.17) is 4.74 Å². The Hall–Kier alpha value is -0.510. The first kappa shape index (κ1) is 11.6. The number of halogens is 1. The van der Waals surface area contributed by atoms with Crippen molar-refractivity contribution in [3.8, 4) is 5.75 Å². The maximum Gasteiger partial charge on any atom is 0.119 e. The van der Waals surface area contributed by atoms with Gasteiger partial charge in [-0.05, 0) is 35.0 Å². The second-order valence-corrected chi connectivity index (χ2v) is 4.10. The fourth-order valence-corrected chi connectivity index (χ4v) is 1.63. The Bertz CT molecular complexity index is 266. The van der Waals surface area contributed by atoms with Gasteiger partial charge in [0.15, 0.2) is 0 Å². The Morgan fingerprint density at radius 1 is 1.21 bits per heavy atom. The van der Waals surface area contributed by atoms with Gasteiger partial charge in [0, 0.05) is 0 Å². The first-order valence-electron chi connectivity index (χ1n) is 4.78. The lowest BCUT2D eigenvalue weighted by molar-refractivity contribution is 0.310. The van der Waals surface area contributed by atoms with Crippen molar-refractivity contribution >= 4 is 28.7 Å². The van der Waals surface area contributed by atoms with Gasteiger partial charge in [-0.2, -0.15) is 0 Å². The van der Waals surface area contributed by atoms with Crippen LogP contribution in [0.15, 0.2) is 30.8 Å². The summed E-state index contributed by atoms with van der Waals surface area (Å²) in [6.07, 6.45) is 4.19. The third-order valence-electron chi connectivity index (χ3n) is 1.91. The van der Waals surface area contributed by atoms with Crippen molar-refractivity contribution < 1.29 is 4.74 Å². The zero-order chi connectivity index (χ0) is 10.2. The predicted octanol–water partition coefficient (Wildman–Crippen LogP) is 3.92. The number of ether oxygens (including phenoxy) is 1. The molecule has 0 saturated heterocycles. The lowest BCUT2D eigenvalue weighted by atomic mass is 10.2. The van der Waals surface area contributed by atoms with Crippen LogP contribution >= 0.6 is 22.6 Å². The molecular formula is C12H15IO. The number of unbranched alkanes of at least 4 members (excludes halogenated alkanes) is 1. The predicted molar refractivity (Wildman–Crippen MR) is 70.1 cm³/mol. The first-order valence-corrected chi connectivity index (χ1v) is 6.30. The smallest absolute Gasteiger partial charge is 0.119 e. The molecule has 2 heteroatoms. The van der Waals surface area contributed by atoms with Crippen LogP contribution in [-0.2, 0) is 0 Å². The number of alkyl halides is 1. The Morgan fingerprint density at radius 2 is 1.93 bits per heavy atom. The van der Waals surface area contributed by atoms with Crippen LogP contribution in [0.5, 0.6) is 5.75 Å². The number of rotatable bonds is 6. The van der Waals surface area contributed by atoms with E-state index < -0.39 is 0 Å². The Kier molecular flexibility index (Phi) is 5.68. The fourth-order valence-electron chi connectivity index (χ4n) is 1.09. The lowest BCUT2D eigenvalue weighted by Gasteiger charge is -2.05. The van der Waals surface area contributed by atoms with Gasteiger partial charge in [-0.1, -0.05) is 47.4 Å². The molecule has 1 rings (SSSR count). The summed E-state index contributed by atoms with van der Waals surface area (Å²) < 4.78 is 6.77. The standard InChI is InChI=1S/C12H15IO/c1-2-11-5-7-12(8-6-11)14-10-4-3-9-13/h2,5-8H,1,3-4,9-10H2. The summed E-state index contributed by atoms with van der Waals surface area (Å²) in [6, 6.07) is 8.00. The third-order valence-corrected chi connectivity index (χ3v) is 2.68. The van der Waals surface area contributed by atoms with E-state index in [9.17, 15) is 0 Å². The molecule has 0 aliphatic carbocycles. The minimum Gasteiger partial charge on any atom is -0.494 e. The molecule has 0 amide bonds. The van der Waals surface area contributed by atoms with Gasteiger partial charge in [0.25, 0.3) is 0 Å². The molecule has 0 aliphatic rings. The topological polar surface area (TPSA) is 9.23 Å². The highest BCUT2D eigenvalue weighted by Gasteiger charge is 1.92. The van der Waals surface area contributed by atoms with Gasteiger partial charge >= 0.3 is 0 Å². The van der Waals surface area contributed by atoms with Gasteiger partial charge < -0.3 is 4.74 Å². The Balaban J connectivity index is 2.32. The van der Waals surface area contributed by atoms with Gasteiger partial charge in [0.2, 0.25) is 0 Å². The number of benzene rings is 1. The van der Waals surface area contributed by atoms with Crippen molar-refractivity contribution in [1.29, 1.82) is 0 Å². The van der Waals surface area contributed by atoms with Crippen molar-refractivity contribution in [3.05, 3.63) is 36.4 Å². The Labute approximate surface area is 99.3 Å². The molecule has 0 saturated carbocycles. The van der Waals surface area contributed by atoms with Crippen molar-refractivity contribution in [2.24, 2.45) is 0 Å². The molecule has 1 aromatic rings. The van der Waals surface area contributed by atoms with E-state index in [1.807, 2.05) is 30.3 Å². The molecule has 0 atom stereocenters. The molecule has 14 heavy (non-hydrogen) atoms. The maximum absolute atomic E-state index is 5.57. The Morgan fingerprint density at radius 3 is 2.50 bits per heavy atom. The van der Waals surface area contributed by atoms with E-state index in [0.717, 1.165) is 24.3 Å². The monoisotopic (exact) mass is 302 g/mol. The van der Waals surface area contributed by atoms with Crippen molar-refractivity contribution in [3.63, 3.8) is 0 Å². The fraction of sp³-hybridized carbons (Fsp3) is 0.333. The first-order chi connectivity index (χ1) is 6.86. The minimum atomic E-state index is 0.816. The molecule has 1 aromatic carbocycles. The molecule has 0 radical (unpaired) electrons. The SMILES string of the molecule is C=Cc1ccc(OCCCCI)cc1. The molecule has 76 valence electrons. The lowest BCUT2D eigenvalue weighted by Crippen LogP contribution is -1.97. The van der Waals surface area contributed by atoms with Crippen molar-refractivity contribution in [2.75, 3.05) is 11.0 Å². The van der Waals surface area contributed by atoms with E-state index in [0.29, 0.717) is 0 Å². The van der Waals surface area contributed by atoms with Crippen LogP contribution in [-0.4, -0.2) is 11.0 Å². The summed E-state index contributed by atoms with van der Waals surface area (Å²) in [4.78, 5) is 0. The molecule has 0 aromatic heterocycles. The zero-order valence-electron chi connectivity index (χ0n) is 8.21. The second-order valence-electron chi connectivity index (χ2n) is 3.02. The summed E-state index contributed by atoms with van der Waals surface area (Å²) >= 11 is 2.38. The average Bonchev–Trinajstić information content (AvgIpc) is 2.25. The van der Waals surface area contributed by atoms with Crippen molar-refractivity contribution in [2.45, 2.75) is 12.8 Å². The van der Waals surface area contributed by atoms with E-state index in [-0.39, 0.29) is 0 Å². The third kappa shape index (κ3) is 4.13. The zero-order valence-corrected chi connectivity index (χ0v) is 10.4. The van der Waals surface area contributed by atoms with Crippen LogP contribution in [0.25, 0.3) is 6.08 Å². The van der Waals surface area contributed by atoms with Gasteiger partial charge in [0.1, 0.15) is 5.75 Å². The molecule has 0 aliphatic heterocycles. The van der Waals surface area contributed by atoms with E-state index in [1.165, 1.54) is 10.8 Å². The largest absolute Gasteiger partial charge is 0.494 e. The normalized spacial score (nSPS) is 9.79. The van der Waals surface area contributed by atoms with Crippen LogP contribution < -0.4 is 4.74 Å². The summed E-state index contributed by atoms with van der Waals surface area (Å²) in [6.45, 7) is 4.52. The maximum atomic E-state index is 5.57. The molecule has 1 nitrogen and oxygen atoms in total. The summed E-state index contributed by atoms with van der Waals surface area (Å²) in [5.74, 6) is 0.948. The van der Waals surface area contributed by atoms with Crippen LogP contribution in [0, 0.1) is 0 Å². The number of hydrogen-bond acceptors (Lipinski definition) is 1. The highest BCUT2D eigenvalue weighted by molar-refractivity contribution is 14.1. The molecule has 0 spiro atoms. The van der Waals surface area contributed by atoms with E-state index >= 15 is 0 Å². The summed E-state index contributed by atoms with van der Waals surface area (Å²) in [5, 5.41) is 0. The minimum absolute atomic E-state index is 0.816. The van der Waals surface area contributed by atoms with Crippen LogP contribution in [0.1, 0.15) is 18.4 Å². The highest BCUT2D eigenvalue weighted by atomic mass is 127. The average molecular weight is 302 g/mol. The molecule has 0 unspecified atom stereocenters. The van der Waals surface area contributed by atoms with Crippen LogP contribution in [0.3, 0.4) is 0 Å². The molecule has 0 bridgehead atoms. The van der Waals surface area contributed by atoms with E-state index in [2.05, 4.69) is 29.2 Å². The van der Waals surface area contributed by atoms with Gasteiger partial charge in [0.05, 0.1) is 6.61 Å². The van der Waals surface area contributed by atoms with Gasteiger partial charge in [-0.25, -0.2) is 0 Å². The van der Waals surface area contributed by atoms with E-state index in [1.54, 1.807) is 0 Å². The van der Waals surface area contributed by atoms with Crippen molar-refractivity contribution in [1.82, 2.24) is 0 Å². The molecule has 0 heterocycles. The summed E-state index contributed by atoms with van der Waals surface area (Å²) in [7, 11) is 0. The highest BCUT2D eigenvalue weighted by Crippen LogP contribution is 2.13. The van der Waals surface area contributed by atoms with Crippen LogP contribution in [0.4, 0.5) is 0 Å². The summed E-state index contributed by atoms with van der Waals surface area (Å²) in [5.41, 5.74) is 1.13. The van der Waals surface area contributed by atoms with Crippen LogP contribution in [0.2, 0.25) is 0 Å². The van der Waals surface area contributed by atoms with Gasteiger partial charge in [-0.15, -0.1) is 0 Å². The second kappa shape index (κ2) is 6.87. The quantitative estimate of drug-likeness (QED) is 0.439. The number of hydrogen-bond donors (Lipinski definition) is 0. The van der Waals surface area contributed by atoms with Gasteiger partial charge in [-0.3, -0.25) is 0 Å². The molecular weight excluding hydrogens is 287 g/mol.